The van der Waals surface area contributed by atoms with E-state index in [0.717, 1.165) is 11.6 Å². The van der Waals surface area contributed by atoms with Gasteiger partial charge >= 0.3 is 0 Å². The van der Waals surface area contributed by atoms with Gasteiger partial charge in [-0.25, -0.2) is 8.78 Å². The zero-order chi connectivity index (χ0) is 20.0. The minimum atomic E-state index is -0.711. The summed E-state index contributed by atoms with van der Waals surface area (Å²) in [5.41, 5.74) is 2.58. The number of aromatic nitrogens is 3. The number of fused-ring (bicyclic) bond motifs is 1. The Morgan fingerprint density at radius 2 is 1.86 bits per heavy atom. The number of nitrogens with zero attached hydrogens (tertiary/aromatic N) is 3. The maximum atomic E-state index is 14.5. The van der Waals surface area contributed by atoms with Crippen LogP contribution in [0.2, 0.25) is 0 Å². The van der Waals surface area contributed by atoms with Crippen molar-refractivity contribution in [3.63, 3.8) is 0 Å². The third kappa shape index (κ3) is 2.76. The van der Waals surface area contributed by atoms with Crippen molar-refractivity contribution in [2.45, 2.75) is 6.92 Å². The van der Waals surface area contributed by atoms with Crippen LogP contribution in [-0.4, -0.2) is 21.3 Å². The number of ether oxygens (including phenoxy) is 1. The van der Waals surface area contributed by atoms with Crippen molar-refractivity contribution >= 4 is 5.65 Å². The first kappa shape index (κ1) is 17.9. The number of methoxy groups -OCH3 is 1. The van der Waals surface area contributed by atoms with Gasteiger partial charge in [0, 0.05) is 30.3 Å². The van der Waals surface area contributed by atoms with Crippen LogP contribution in [0, 0.1) is 18.6 Å². The highest BCUT2D eigenvalue weighted by atomic mass is 19.1. The van der Waals surface area contributed by atoms with Crippen molar-refractivity contribution in [2.75, 3.05) is 7.11 Å². The summed E-state index contributed by atoms with van der Waals surface area (Å²) >= 11 is 0. The molecule has 4 rings (SSSR count). The molecule has 0 atom stereocenters. The number of hydrogen-bond acceptors (Lipinski definition) is 3. The van der Waals surface area contributed by atoms with E-state index in [0.29, 0.717) is 28.3 Å². The fraction of sp³-hybridized carbons (Fsp3) is 0.143. The molecule has 0 aliphatic heterocycles. The monoisotopic (exact) mass is 381 g/mol. The molecule has 0 aliphatic carbocycles. The van der Waals surface area contributed by atoms with Gasteiger partial charge in [0.2, 0.25) is 0 Å². The smallest absolute Gasteiger partial charge is 0.274 e. The summed E-state index contributed by atoms with van der Waals surface area (Å²) in [7, 11) is 3.34. The molecule has 142 valence electrons. The van der Waals surface area contributed by atoms with Gasteiger partial charge in [0.05, 0.1) is 24.1 Å². The van der Waals surface area contributed by atoms with E-state index in [4.69, 9.17) is 4.74 Å². The van der Waals surface area contributed by atoms with Crippen molar-refractivity contribution in [2.24, 2.45) is 7.05 Å². The van der Waals surface area contributed by atoms with Crippen LogP contribution < -0.4 is 10.3 Å². The molecule has 0 unspecified atom stereocenters. The van der Waals surface area contributed by atoms with E-state index in [1.54, 1.807) is 25.6 Å². The summed E-state index contributed by atoms with van der Waals surface area (Å²) in [6, 6.07) is 12.1. The minimum Gasteiger partial charge on any atom is -0.497 e. The highest BCUT2D eigenvalue weighted by molar-refractivity contribution is 5.82. The maximum Gasteiger partial charge on any atom is 0.274 e. The predicted molar refractivity (Wildman–Crippen MR) is 103 cm³/mol. The second kappa shape index (κ2) is 6.60. The molecule has 0 bridgehead atoms. The quantitative estimate of drug-likeness (QED) is 0.540. The van der Waals surface area contributed by atoms with Crippen molar-refractivity contribution in [3.05, 3.63) is 76.2 Å². The fourth-order valence-corrected chi connectivity index (χ4v) is 3.43. The van der Waals surface area contributed by atoms with Crippen LogP contribution in [0.5, 0.6) is 5.75 Å². The van der Waals surface area contributed by atoms with Gasteiger partial charge in [-0.2, -0.15) is 9.61 Å². The van der Waals surface area contributed by atoms with Crippen molar-refractivity contribution in [1.82, 2.24) is 14.2 Å². The van der Waals surface area contributed by atoms with E-state index in [1.165, 1.54) is 22.7 Å². The zero-order valence-electron chi connectivity index (χ0n) is 15.5. The summed E-state index contributed by atoms with van der Waals surface area (Å²) in [5.74, 6) is -0.724. The van der Waals surface area contributed by atoms with E-state index >= 15 is 0 Å². The largest absolute Gasteiger partial charge is 0.497 e. The van der Waals surface area contributed by atoms with Crippen LogP contribution in [0.15, 0.2) is 53.3 Å². The minimum absolute atomic E-state index is 0.187. The Labute approximate surface area is 159 Å². The lowest BCUT2D eigenvalue weighted by molar-refractivity contribution is 0.415. The first-order chi connectivity index (χ1) is 13.4. The van der Waals surface area contributed by atoms with Crippen LogP contribution in [0.1, 0.15) is 5.69 Å². The molecule has 2 aromatic carbocycles. The Morgan fingerprint density at radius 1 is 1.07 bits per heavy atom. The Balaban J connectivity index is 2.07. The third-order valence-corrected chi connectivity index (χ3v) is 4.75. The first-order valence-corrected chi connectivity index (χ1v) is 8.60. The fourth-order valence-electron chi connectivity index (χ4n) is 3.43. The molecule has 0 N–H and O–H groups in total. The molecule has 0 aliphatic rings. The molecule has 2 heterocycles. The van der Waals surface area contributed by atoms with Crippen LogP contribution in [0.25, 0.3) is 28.0 Å². The lowest BCUT2D eigenvalue weighted by atomic mass is 10.0. The van der Waals surface area contributed by atoms with Gasteiger partial charge in [0.25, 0.3) is 5.56 Å². The normalized spacial score (nSPS) is 11.2. The SMILES string of the molecule is COc1cccc(-c2cc(=O)n3nc(C)c(-c4ccc(F)cc4F)c3n2C)c1. The molecule has 0 amide bonds. The standard InChI is InChI=1S/C21H17F2N3O2/c1-12-20(16-8-7-14(22)10-17(16)23)21-25(2)18(11-19(27)26(21)24-12)13-5-4-6-15(9-13)28-3/h4-11H,1-3H3. The Bertz CT molecular complexity index is 1270. The average molecular weight is 381 g/mol. The van der Waals surface area contributed by atoms with Gasteiger partial charge in [0.1, 0.15) is 23.0 Å². The summed E-state index contributed by atoms with van der Waals surface area (Å²) in [6.07, 6.45) is 0. The van der Waals surface area contributed by atoms with E-state index in [2.05, 4.69) is 5.10 Å². The summed E-state index contributed by atoms with van der Waals surface area (Å²) < 4.78 is 36.1. The molecule has 28 heavy (non-hydrogen) atoms. The zero-order valence-corrected chi connectivity index (χ0v) is 15.5. The van der Waals surface area contributed by atoms with Crippen LogP contribution >= 0.6 is 0 Å². The first-order valence-electron chi connectivity index (χ1n) is 8.60. The molecule has 5 nitrogen and oxygen atoms in total. The second-order valence-electron chi connectivity index (χ2n) is 6.48. The topological polar surface area (TPSA) is 48.5 Å². The Kier molecular flexibility index (Phi) is 4.22. The highest BCUT2D eigenvalue weighted by Gasteiger charge is 2.20. The van der Waals surface area contributed by atoms with Gasteiger partial charge in [-0.1, -0.05) is 12.1 Å². The molecular weight excluding hydrogens is 364 g/mol. The molecule has 7 heteroatoms. The van der Waals surface area contributed by atoms with Crippen molar-refractivity contribution < 1.29 is 13.5 Å². The molecule has 0 saturated carbocycles. The van der Waals surface area contributed by atoms with Gasteiger partial charge in [-0.15, -0.1) is 0 Å². The molecule has 0 radical (unpaired) electrons. The Hall–Kier alpha value is -3.48. The van der Waals surface area contributed by atoms with E-state index < -0.39 is 11.6 Å². The molecule has 0 fully saturated rings. The summed E-state index contributed by atoms with van der Waals surface area (Å²) in [6.45, 7) is 1.69. The number of hydrogen-bond donors (Lipinski definition) is 0. The number of aryl methyl sites for hydroxylation is 2. The van der Waals surface area contributed by atoms with Gasteiger partial charge in [-0.05, 0) is 31.2 Å². The van der Waals surface area contributed by atoms with Crippen LogP contribution in [0.4, 0.5) is 8.78 Å². The van der Waals surface area contributed by atoms with Gasteiger partial charge < -0.3 is 9.30 Å². The maximum absolute atomic E-state index is 14.5. The lowest BCUT2D eigenvalue weighted by Crippen LogP contribution is -2.18. The second-order valence-corrected chi connectivity index (χ2v) is 6.48. The number of halogens is 2. The van der Waals surface area contributed by atoms with E-state index in [1.807, 2.05) is 24.3 Å². The molecule has 0 saturated heterocycles. The highest BCUT2D eigenvalue weighted by Crippen LogP contribution is 2.32. The molecule has 4 aromatic rings. The van der Waals surface area contributed by atoms with Crippen LogP contribution in [-0.2, 0) is 7.05 Å². The lowest BCUT2D eigenvalue weighted by Gasteiger charge is -2.13. The molecular formula is C21H17F2N3O2. The molecule has 0 spiro atoms. The van der Waals surface area contributed by atoms with Crippen molar-refractivity contribution in [1.29, 1.82) is 0 Å². The van der Waals surface area contributed by atoms with E-state index in [-0.39, 0.29) is 11.1 Å². The number of benzene rings is 2. The average Bonchev–Trinajstić information content (AvgIpc) is 3.02. The van der Waals surface area contributed by atoms with Gasteiger partial charge in [0.15, 0.2) is 0 Å². The third-order valence-electron chi connectivity index (χ3n) is 4.75. The molecule has 2 aromatic heterocycles. The van der Waals surface area contributed by atoms with Crippen LogP contribution in [0.3, 0.4) is 0 Å². The van der Waals surface area contributed by atoms with Gasteiger partial charge in [-0.3, -0.25) is 4.79 Å². The summed E-state index contributed by atoms with van der Waals surface area (Å²) in [4.78, 5) is 12.7. The van der Waals surface area contributed by atoms with Crippen molar-refractivity contribution in [3.8, 4) is 28.1 Å². The van der Waals surface area contributed by atoms with E-state index in [9.17, 15) is 13.6 Å². The summed E-state index contributed by atoms with van der Waals surface area (Å²) in [5, 5.41) is 4.28. The number of rotatable bonds is 3. The Morgan fingerprint density at radius 3 is 2.57 bits per heavy atom. The predicted octanol–water partition coefficient (Wildman–Crippen LogP) is 3.96.